The Morgan fingerprint density at radius 3 is 2.55 bits per heavy atom. The molecule has 2 rings (SSSR count). The number of aromatic nitrogens is 2. The molecule has 0 spiro atoms. The van der Waals surface area contributed by atoms with Gasteiger partial charge < -0.3 is 15.2 Å². The predicted molar refractivity (Wildman–Crippen MR) is 75.1 cm³/mol. The molecule has 1 aromatic carbocycles. The molecular weight excluding hydrogens is 258 g/mol. The molecule has 1 heterocycles. The van der Waals surface area contributed by atoms with Crippen molar-refractivity contribution < 1.29 is 14.3 Å². The van der Waals surface area contributed by atoms with Gasteiger partial charge in [-0.15, -0.1) is 0 Å². The average Bonchev–Trinajstić information content (AvgIpc) is 2.82. The monoisotopic (exact) mass is 275 g/mol. The van der Waals surface area contributed by atoms with Gasteiger partial charge in [0.1, 0.15) is 17.1 Å². The summed E-state index contributed by atoms with van der Waals surface area (Å²) >= 11 is 0. The Labute approximate surface area is 117 Å². The largest absolute Gasteiger partial charge is 0.494 e. The third kappa shape index (κ3) is 2.74. The molecule has 1 aromatic heterocycles. The van der Waals surface area contributed by atoms with Crippen LogP contribution in [0.4, 0.5) is 5.82 Å². The Morgan fingerprint density at radius 2 is 1.95 bits per heavy atom. The van der Waals surface area contributed by atoms with Crippen LogP contribution in [0.5, 0.6) is 5.75 Å². The Balaban J connectivity index is 2.27. The van der Waals surface area contributed by atoms with Crippen molar-refractivity contribution in [2.24, 2.45) is 0 Å². The molecule has 0 radical (unpaired) electrons. The van der Waals surface area contributed by atoms with Gasteiger partial charge in [0.2, 0.25) is 0 Å². The molecule has 2 aromatic rings. The van der Waals surface area contributed by atoms with Crippen molar-refractivity contribution in [3.8, 4) is 11.4 Å². The first-order valence-electron chi connectivity index (χ1n) is 6.41. The van der Waals surface area contributed by atoms with Gasteiger partial charge in [0.05, 0.1) is 25.1 Å². The second-order valence-corrected chi connectivity index (χ2v) is 4.00. The van der Waals surface area contributed by atoms with E-state index in [1.807, 2.05) is 31.2 Å². The number of rotatable bonds is 5. The molecule has 0 saturated heterocycles. The summed E-state index contributed by atoms with van der Waals surface area (Å²) in [6, 6.07) is 7.29. The fraction of sp³-hybridized carbons (Fsp3) is 0.286. The molecule has 0 saturated carbocycles. The second kappa shape index (κ2) is 6.10. The summed E-state index contributed by atoms with van der Waals surface area (Å²) in [5.41, 5.74) is 6.95. The first kappa shape index (κ1) is 13.9. The van der Waals surface area contributed by atoms with Crippen molar-refractivity contribution in [1.82, 2.24) is 9.78 Å². The van der Waals surface area contributed by atoms with E-state index < -0.39 is 5.97 Å². The molecule has 106 valence electrons. The smallest absolute Gasteiger partial charge is 0.343 e. The lowest BCUT2D eigenvalue weighted by molar-refractivity contribution is 0.0527. The maximum atomic E-state index is 11.7. The minimum Gasteiger partial charge on any atom is -0.494 e. The quantitative estimate of drug-likeness (QED) is 0.844. The van der Waals surface area contributed by atoms with E-state index in [4.69, 9.17) is 15.2 Å². The Kier molecular flexibility index (Phi) is 4.24. The first-order valence-corrected chi connectivity index (χ1v) is 6.41. The zero-order valence-corrected chi connectivity index (χ0v) is 11.5. The van der Waals surface area contributed by atoms with E-state index in [2.05, 4.69) is 5.10 Å². The van der Waals surface area contributed by atoms with Crippen LogP contribution in [0.15, 0.2) is 30.5 Å². The fourth-order valence-electron chi connectivity index (χ4n) is 1.78. The predicted octanol–water partition coefficient (Wildman–Crippen LogP) is 2.03. The lowest BCUT2D eigenvalue weighted by atomic mass is 10.3. The standard InChI is InChI=1S/C14H17N3O3/c1-3-19-11-7-5-10(6-8-11)17-13(15)12(9-16-17)14(18)20-4-2/h5-9H,3-4,15H2,1-2H3. The van der Waals surface area contributed by atoms with Gasteiger partial charge in [0.15, 0.2) is 0 Å². The van der Waals surface area contributed by atoms with Crippen LogP contribution in [0, 0.1) is 0 Å². The van der Waals surface area contributed by atoms with E-state index >= 15 is 0 Å². The van der Waals surface area contributed by atoms with Gasteiger partial charge in [0, 0.05) is 0 Å². The maximum absolute atomic E-state index is 11.7. The zero-order chi connectivity index (χ0) is 14.5. The molecule has 0 fully saturated rings. The summed E-state index contributed by atoms with van der Waals surface area (Å²) in [5.74, 6) is 0.558. The van der Waals surface area contributed by atoms with Gasteiger partial charge >= 0.3 is 5.97 Å². The Bertz CT molecular complexity index is 590. The molecule has 0 bridgehead atoms. The highest BCUT2D eigenvalue weighted by Crippen LogP contribution is 2.20. The Hall–Kier alpha value is -2.50. The van der Waals surface area contributed by atoms with E-state index in [1.165, 1.54) is 10.9 Å². The number of ether oxygens (including phenoxy) is 2. The number of hydrogen-bond acceptors (Lipinski definition) is 5. The van der Waals surface area contributed by atoms with Crippen LogP contribution in [-0.4, -0.2) is 29.0 Å². The molecule has 0 amide bonds. The van der Waals surface area contributed by atoms with Crippen molar-refractivity contribution >= 4 is 11.8 Å². The van der Waals surface area contributed by atoms with Gasteiger partial charge in [-0.3, -0.25) is 0 Å². The Morgan fingerprint density at radius 1 is 1.25 bits per heavy atom. The number of benzene rings is 1. The summed E-state index contributed by atoms with van der Waals surface area (Å²) in [7, 11) is 0. The molecule has 0 unspecified atom stereocenters. The van der Waals surface area contributed by atoms with Crippen LogP contribution in [0.3, 0.4) is 0 Å². The minimum atomic E-state index is -0.470. The number of nitrogen functional groups attached to an aromatic ring is 1. The molecule has 0 aliphatic carbocycles. The van der Waals surface area contributed by atoms with Crippen molar-refractivity contribution in [2.75, 3.05) is 18.9 Å². The summed E-state index contributed by atoms with van der Waals surface area (Å²) in [6.07, 6.45) is 1.41. The van der Waals surface area contributed by atoms with E-state index in [0.29, 0.717) is 13.2 Å². The number of esters is 1. The van der Waals surface area contributed by atoms with Crippen LogP contribution < -0.4 is 10.5 Å². The fourth-order valence-corrected chi connectivity index (χ4v) is 1.78. The summed E-state index contributed by atoms with van der Waals surface area (Å²) < 4.78 is 11.8. The number of nitrogens with two attached hydrogens (primary N) is 1. The third-order valence-corrected chi connectivity index (χ3v) is 2.69. The average molecular weight is 275 g/mol. The molecular formula is C14H17N3O3. The molecule has 2 N–H and O–H groups in total. The normalized spacial score (nSPS) is 10.3. The van der Waals surface area contributed by atoms with E-state index in [1.54, 1.807) is 6.92 Å². The lowest BCUT2D eigenvalue weighted by Gasteiger charge is -2.07. The highest BCUT2D eigenvalue weighted by molar-refractivity contribution is 5.94. The van der Waals surface area contributed by atoms with E-state index in [9.17, 15) is 4.79 Å². The molecule has 6 heteroatoms. The van der Waals surface area contributed by atoms with E-state index in [0.717, 1.165) is 11.4 Å². The topological polar surface area (TPSA) is 79.4 Å². The van der Waals surface area contributed by atoms with Crippen molar-refractivity contribution in [3.05, 3.63) is 36.0 Å². The zero-order valence-electron chi connectivity index (χ0n) is 11.5. The van der Waals surface area contributed by atoms with Crippen molar-refractivity contribution in [3.63, 3.8) is 0 Å². The highest BCUT2D eigenvalue weighted by Gasteiger charge is 2.16. The second-order valence-electron chi connectivity index (χ2n) is 4.00. The van der Waals surface area contributed by atoms with Crippen LogP contribution in [0.1, 0.15) is 24.2 Å². The summed E-state index contributed by atoms with van der Waals surface area (Å²) in [6.45, 7) is 4.57. The van der Waals surface area contributed by atoms with Gasteiger partial charge in [-0.25, -0.2) is 9.48 Å². The van der Waals surface area contributed by atoms with Crippen LogP contribution in [0.2, 0.25) is 0 Å². The molecule has 20 heavy (non-hydrogen) atoms. The van der Waals surface area contributed by atoms with Gasteiger partial charge in [0.25, 0.3) is 0 Å². The van der Waals surface area contributed by atoms with Gasteiger partial charge in [-0.1, -0.05) is 0 Å². The number of carbonyl (C=O) groups excluding carboxylic acids is 1. The van der Waals surface area contributed by atoms with Crippen LogP contribution >= 0.6 is 0 Å². The van der Waals surface area contributed by atoms with Crippen LogP contribution in [0.25, 0.3) is 5.69 Å². The van der Waals surface area contributed by atoms with Crippen molar-refractivity contribution in [1.29, 1.82) is 0 Å². The number of carbonyl (C=O) groups is 1. The lowest BCUT2D eigenvalue weighted by Crippen LogP contribution is -2.08. The molecule has 6 nitrogen and oxygen atoms in total. The number of hydrogen-bond donors (Lipinski definition) is 1. The van der Waals surface area contributed by atoms with Gasteiger partial charge in [-0.2, -0.15) is 5.10 Å². The first-order chi connectivity index (χ1) is 9.67. The SMILES string of the molecule is CCOC(=O)c1cnn(-c2ccc(OCC)cc2)c1N. The van der Waals surface area contributed by atoms with E-state index in [-0.39, 0.29) is 11.4 Å². The highest BCUT2D eigenvalue weighted by atomic mass is 16.5. The minimum absolute atomic E-state index is 0.257. The molecule has 0 aliphatic rings. The summed E-state index contributed by atoms with van der Waals surface area (Å²) in [5, 5.41) is 4.11. The summed E-state index contributed by atoms with van der Waals surface area (Å²) in [4.78, 5) is 11.7. The number of nitrogens with zero attached hydrogens (tertiary/aromatic N) is 2. The van der Waals surface area contributed by atoms with Gasteiger partial charge in [-0.05, 0) is 38.1 Å². The maximum Gasteiger partial charge on any atom is 0.343 e. The van der Waals surface area contributed by atoms with Crippen molar-refractivity contribution in [2.45, 2.75) is 13.8 Å². The van der Waals surface area contributed by atoms with Crippen LogP contribution in [-0.2, 0) is 4.74 Å². The molecule has 0 aliphatic heterocycles. The molecule has 0 atom stereocenters. The number of anilines is 1. The third-order valence-electron chi connectivity index (χ3n) is 2.69.